The number of ether oxygens (including phenoxy) is 1. The zero-order valence-electron chi connectivity index (χ0n) is 15.3. The van der Waals surface area contributed by atoms with Gasteiger partial charge in [0.15, 0.2) is 0 Å². The van der Waals surface area contributed by atoms with Crippen LogP contribution < -0.4 is 5.32 Å². The fourth-order valence-corrected chi connectivity index (χ4v) is 3.67. The Hall–Kier alpha value is -2.54. The van der Waals surface area contributed by atoms with E-state index >= 15 is 0 Å². The van der Waals surface area contributed by atoms with Crippen molar-refractivity contribution in [2.75, 3.05) is 19.7 Å². The third-order valence-electron chi connectivity index (χ3n) is 4.33. The Morgan fingerprint density at radius 2 is 1.93 bits per heavy atom. The molecule has 2 heterocycles. The molecule has 1 aliphatic rings. The second-order valence-electron chi connectivity index (χ2n) is 6.23. The fourth-order valence-electron chi connectivity index (χ4n) is 2.89. The van der Waals surface area contributed by atoms with Crippen molar-refractivity contribution in [2.24, 2.45) is 0 Å². The average molecular weight is 385 g/mol. The van der Waals surface area contributed by atoms with Crippen LogP contribution in [0, 0.1) is 0 Å². The maximum absolute atomic E-state index is 12.5. The number of rotatable bonds is 5. The molecule has 2 aromatic rings. The highest BCUT2D eigenvalue weighted by Gasteiger charge is 2.24. The Kier molecular flexibility index (Phi) is 6.70. The van der Waals surface area contributed by atoms with Crippen molar-refractivity contribution in [3.8, 4) is 0 Å². The maximum atomic E-state index is 12.5. The number of hydrogen-bond acceptors (Lipinski definition) is 5. The number of hydrogen-bond donors (Lipinski definition) is 1. The molecule has 1 saturated heterocycles. The fraction of sp³-hybridized carbons (Fsp3) is 0.350. The van der Waals surface area contributed by atoms with Crippen molar-refractivity contribution in [2.45, 2.75) is 35.7 Å². The molecule has 0 aliphatic carbocycles. The van der Waals surface area contributed by atoms with Crippen LogP contribution in [0.4, 0.5) is 4.79 Å². The van der Waals surface area contributed by atoms with Gasteiger partial charge in [0.2, 0.25) is 0 Å². The normalized spacial score (nSPS) is 14.6. The lowest BCUT2D eigenvalue weighted by atomic mass is 10.0. The van der Waals surface area contributed by atoms with Gasteiger partial charge >= 0.3 is 6.09 Å². The minimum Gasteiger partial charge on any atom is -0.450 e. The van der Waals surface area contributed by atoms with Crippen LogP contribution in [0.3, 0.4) is 0 Å². The van der Waals surface area contributed by atoms with E-state index in [1.54, 1.807) is 29.8 Å². The summed E-state index contributed by atoms with van der Waals surface area (Å²) in [5.41, 5.74) is 0.633. The summed E-state index contributed by atoms with van der Waals surface area (Å²) in [6.07, 6.45) is 2.96. The Morgan fingerprint density at radius 3 is 2.56 bits per heavy atom. The van der Waals surface area contributed by atoms with Gasteiger partial charge < -0.3 is 15.0 Å². The first-order valence-electron chi connectivity index (χ1n) is 9.07. The van der Waals surface area contributed by atoms with Crippen molar-refractivity contribution in [1.29, 1.82) is 0 Å². The Bertz CT molecular complexity index is 760. The first-order chi connectivity index (χ1) is 13.2. The topological polar surface area (TPSA) is 71.5 Å². The number of likely N-dealkylation sites (tertiary alicyclic amines) is 1. The number of amides is 2. The third kappa shape index (κ3) is 5.47. The molecule has 27 heavy (non-hydrogen) atoms. The summed E-state index contributed by atoms with van der Waals surface area (Å²) in [6, 6.07) is 13.4. The van der Waals surface area contributed by atoms with Crippen LogP contribution in [-0.2, 0) is 4.74 Å². The Labute approximate surface area is 163 Å². The van der Waals surface area contributed by atoms with E-state index in [4.69, 9.17) is 4.74 Å². The quantitative estimate of drug-likeness (QED) is 0.852. The van der Waals surface area contributed by atoms with Crippen molar-refractivity contribution < 1.29 is 14.3 Å². The summed E-state index contributed by atoms with van der Waals surface area (Å²) in [5.74, 6) is -0.0843. The molecule has 0 bridgehead atoms. The van der Waals surface area contributed by atoms with Gasteiger partial charge in [-0.05, 0) is 56.2 Å². The zero-order chi connectivity index (χ0) is 19.1. The van der Waals surface area contributed by atoms with Crippen LogP contribution in [0.2, 0.25) is 0 Å². The number of aromatic nitrogens is 1. The lowest BCUT2D eigenvalue weighted by Crippen LogP contribution is -2.46. The highest BCUT2D eigenvalue weighted by molar-refractivity contribution is 7.99. The van der Waals surface area contributed by atoms with E-state index in [0.29, 0.717) is 25.3 Å². The van der Waals surface area contributed by atoms with E-state index in [1.165, 1.54) is 0 Å². The van der Waals surface area contributed by atoms with Gasteiger partial charge in [0.25, 0.3) is 5.91 Å². The molecule has 7 heteroatoms. The monoisotopic (exact) mass is 385 g/mol. The zero-order valence-corrected chi connectivity index (χ0v) is 16.1. The first-order valence-corrected chi connectivity index (χ1v) is 9.89. The predicted octanol–water partition coefficient (Wildman–Crippen LogP) is 3.58. The van der Waals surface area contributed by atoms with Gasteiger partial charge in [-0.1, -0.05) is 17.8 Å². The molecule has 1 aromatic carbocycles. The van der Waals surface area contributed by atoms with Gasteiger partial charge in [-0.25, -0.2) is 9.78 Å². The van der Waals surface area contributed by atoms with Gasteiger partial charge in [-0.15, -0.1) is 0 Å². The molecule has 142 valence electrons. The molecule has 0 atom stereocenters. The largest absolute Gasteiger partial charge is 0.450 e. The number of carbonyl (C=O) groups excluding carboxylic acids is 2. The van der Waals surface area contributed by atoms with Crippen molar-refractivity contribution >= 4 is 23.8 Å². The standard InChI is InChI=1S/C20H23N3O3S/c1-2-26-20(25)23-13-10-16(11-14-23)22-19(24)15-6-8-17(9-7-15)27-18-5-3-4-12-21-18/h3-9,12,16H,2,10-11,13-14H2,1H3,(H,22,24). The van der Waals surface area contributed by atoms with E-state index in [2.05, 4.69) is 10.3 Å². The highest BCUT2D eigenvalue weighted by Crippen LogP contribution is 2.25. The third-order valence-corrected chi connectivity index (χ3v) is 5.29. The van der Waals surface area contributed by atoms with E-state index < -0.39 is 0 Å². The minimum absolute atomic E-state index is 0.0748. The molecule has 3 rings (SSSR count). The summed E-state index contributed by atoms with van der Waals surface area (Å²) in [4.78, 5) is 31.2. The van der Waals surface area contributed by atoms with E-state index in [-0.39, 0.29) is 18.0 Å². The van der Waals surface area contributed by atoms with Crippen LogP contribution in [0.5, 0.6) is 0 Å². The van der Waals surface area contributed by atoms with Crippen LogP contribution in [0.15, 0.2) is 58.6 Å². The molecule has 1 fully saturated rings. The highest BCUT2D eigenvalue weighted by atomic mass is 32.2. The smallest absolute Gasteiger partial charge is 0.409 e. The van der Waals surface area contributed by atoms with E-state index in [1.807, 2.05) is 42.5 Å². The van der Waals surface area contributed by atoms with Crippen molar-refractivity contribution in [3.63, 3.8) is 0 Å². The lowest BCUT2D eigenvalue weighted by molar-refractivity contribution is 0.0860. The molecule has 0 unspecified atom stereocenters. The molecule has 0 radical (unpaired) electrons. The Morgan fingerprint density at radius 1 is 1.19 bits per heavy atom. The lowest BCUT2D eigenvalue weighted by Gasteiger charge is -2.31. The van der Waals surface area contributed by atoms with Crippen LogP contribution in [0.1, 0.15) is 30.1 Å². The molecule has 2 amide bonds. The van der Waals surface area contributed by atoms with Crippen LogP contribution in [0.25, 0.3) is 0 Å². The summed E-state index contributed by atoms with van der Waals surface area (Å²) < 4.78 is 5.01. The summed E-state index contributed by atoms with van der Waals surface area (Å²) in [5, 5.41) is 3.98. The molecular weight excluding hydrogens is 362 g/mol. The number of benzene rings is 1. The number of piperidine rings is 1. The molecule has 0 spiro atoms. The molecule has 0 saturated carbocycles. The number of pyridine rings is 1. The van der Waals surface area contributed by atoms with Gasteiger partial charge in [0, 0.05) is 35.8 Å². The average Bonchev–Trinajstić information content (AvgIpc) is 2.70. The minimum atomic E-state index is -0.275. The molecule has 1 aliphatic heterocycles. The summed E-state index contributed by atoms with van der Waals surface area (Å²) in [7, 11) is 0. The molecular formula is C20H23N3O3S. The Balaban J connectivity index is 1.49. The van der Waals surface area contributed by atoms with E-state index in [9.17, 15) is 9.59 Å². The van der Waals surface area contributed by atoms with Crippen LogP contribution in [-0.4, -0.2) is 47.6 Å². The van der Waals surface area contributed by atoms with Gasteiger partial charge in [0.05, 0.1) is 6.61 Å². The molecule has 6 nitrogen and oxygen atoms in total. The van der Waals surface area contributed by atoms with Crippen LogP contribution >= 0.6 is 11.8 Å². The number of nitrogens with one attached hydrogen (secondary N) is 1. The van der Waals surface area contributed by atoms with Gasteiger partial charge in [0.1, 0.15) is 5.03 Å². The molecule has 1 N–H and O–H groups in total. The van der Waals surface area contributed by atoms with Gasteiger partial charge in [-0.2, -0.15) is 0 Å². The summed E-state index contributed by atoms with van der Waals surface area (Å²) >= 11 is 1.56. The second kappa shape index (κ2) is 9.41. The predicted molar refractivity (Wildman–Crippen MR) is 104 cm³/mol. The number of carbonyl (C=O) groups is 2. The maximum Gasteiger partial charge on any atom is 0.409 e. The van der Waals surface area contributed by atoms with E-state index in [0.717, 1.165) is 22.8 Å². The SMILES string of the molecule is CCOC(=O)N1CCC(NC(=O)c2ccc(Sc3ccccn3)cc2)CC1. The van der Waals surface area contributed by atoms with Crippen molar-refractivity contribution in [1.82, 2.24) is 15.2 Å². The summed E-state index contributed by atoms with van der Waals surface area (Å²) in [6.45, 7) is 3.38. The van der Waals surface area contributed by atoms with Gasteiger partial charge in [-0.3, -0.25) is 4.79 Å². The molecule has 1 aromatic heterocycles. The second-order valence-corrected chi connectivity index (χ2v) is 7.32. The first kappa shape index (κ1) is 19.2. The van der Waals surface area contributed by atoms with Crippen molar-refractivity contribution in [3.05, 3.63) is 54.2 Å². The number of nitrogens with zero attached hydrogens (tertiary/aromatic N) is 2.